The predicted molar refractivity (Wildman–Crippen MR) is 156 cm³/mol. The van der Waals surface area contributed by atoms with Gasteiger partial charge in [-0.2, -0.15) is 5.10 Å². The van der Waals surface area contributed by atoms with Crippen molar-refractivity contribution in [2.75, 3.05) is 24.3 Å². The Labute approximate surface area is 229 Å². The number of carbonyl (C=O) groups is 3. The van der Waals surface area contributed by atoms with Gasteiger partial charge in [0.15, 0.2) is 17.3 Å². The summed E-state index contributed by atoms with van der Waals surface area (Å²) in [4.78, 5) is 37.9. The number of nitrogens with zero attached hydrogens (tertiary/aromatic N) is 4. The van der Waals surface area contributed by atoms with Crippen LogP contribution in [0.3, 0.4) is 0 Å². The van der Waals surface area contributed by atoms with Gasteiger partial charge in [0.25, 0.3) is 11.8 Å². The Morgan fingerprint density at radius 3 is 2.49 bits per heavy atom. The number of methoxy groups -OCH3 is 1. The molecule has 4 rings (SSSR count). The smallest absolute Gasteiger partial charge is 0.272 e. The zero-order valence-electron chi connectivity index (χ0n) is 23.0. The van der Waals surface area contributed by atoms with Crippen LogP contribution < -0.4 is 26.0 Å². The fourth-order valence-corrected chi connectivity index (χ4v) is 3.95. The van der Waals surface area contributed by atoms with E-state index in [1.807, 2.05) is 36.5 Å². The number of para-hydroxylation sites is 1. The van der Waals surface area contributed by atoms with Gasteiger partial charge in [-0.3, -0.25) is 19.1 Å². The average Bonchev–Trinajstić information content (AvgIpc) is 3.65. The Kier molecular flexibility index (Phi) is 7.98. The monoisotopic (exact) mass is 528 g/mol. The van der Waals surface area contributed by atoms with Gasteiger partial charge in [0, 0.05) is 31.1 Å². The molecule has 2 heterocycles. The minimum absolute atomic E-state index is 0.0217. The maximum Gasteiger partial charge on any atom is 0.272 e. The molecule has 0 atom stereocenters. The van der Waals surface area contributed by atoms with Gasteiger partial charge in [-0.1, -0.05) is 6.07 Å². The van der Waals surface area contributed by atoms with Crippen LogP contribution >= 0.6 is 0 Å². The number of benzene rings is 1. The Morgan fingerprint density at radius 1 is 1.10 bits per heavy atom. The molecular weight excluding hydrogens is 497 g/mol. The maximum absolute atomic E-state index is 13.1. The van der Waals surface area contributed by atoms with Crippen molar-refractivity contribution < 1.29 is 19.1 Å². The number of anilines is 3. The van der Waals surface area contributed by atoms with Gasteiger partial charge < -0.3 is 26.0 Å². The molecule has 0 bridgehead atoms. The van der Waals surface area contributed by atoms with E-state index < -0.39 is 11.1 Å². The van der Waals surface area contributed by atoms with Gasteiger partial charge in [-0.25, -0.2) is 0 Å². The lowest BCUT2D eigenvalue weighted by atomic mass is 9.49. The van der Waals surface area contributed by atoms with Crippen molar-refractivity contribution in [1.29, 1.82) is 0 Å². The van der Waals surface area contributed by atoms with Gasteiger partial charge in [0.1, 0.15) is 29.2 Å². The average molecular weight is 528 g/mol. The second-order valence-corrected chi connectivity index (χ2v) is 10.4. The van der Waals surface area contributed by atoms with E-state index in [2.05, 4.69) is 36.6 Å². The largest absolute Gasteiger partial charge is 0.494 e. The molecule has 0 radical (unpaired) electrons. The van der Waals surface area contributed by atoms with Gasteiger partial charge in [0.2, 0.25) is 5.91 Å². The Bertz CT molecular complexity index is 1420. The van der Waals surface area contributed by atoms with E-state index in [1.165, 1.54) is 11.8 Å². The highest BCUT2D eigenvalue weighted by atomic mass is 16.5. The third-order valence-corrected chi connectivity index (χ3v) is 5.91. The predicted octanol–water partition coefficient (Wildman–Crippen LogP) is -1.03. The number of nitrogens with one attached hydrogen (secondary N) is 4. The van der Waals surface area contributed by atoms with Crippen molar-refractivity contribution in [2.45, 2.75) is 25.0 Å². The summed E-state index contributed by atoms with van der Waals surface area (Å²) in [5.41, 5.74) is 2.49. The zero-order chi connectivity index (χ0) is 28.3. The molecule has 0 spiro atoms. The van der Waals surface area contributed by atoms with Crippen LogP contribution in [0.4, 0.5) is 17.2 Å². The van der Waals surface area contributed by atoms with Gasteiger partial charge in [-0.05, 0) is 43.2 Å². The number of amides is 3. The molecule has 1 aliphatic rings. The summed E-state index contributed by atoms with van der Waals surface area (Å²) in [5.74, 6) is -0.130. The van der Waals surface area contributed by atoms with Crippen molar-refractivity contribution in [3.05, 3.63) is 41.7 Å². The molecule has 3 aromatic rings. The second-order valence-electron chi connectivity index (χ2n) is 10.4. The van der Waals surface area contributed by atoms with Crippen LogP contribution in [0, 0.1) is 5.92 Å². The highest BCUT2D eigenvalue weighted by Crippen LogP contribution is 2.38. The quantitative estimate of drug-likeness (QED) is 0.244. The molecule has 2 aromatic heterocycles. The summed E-state index contributed by atoms with van der Waals surface area (Å²) in [6, 6.07) is 8.68. The Morgan fingerprint density at radius 2 is 1.85 bits per heavy atom. The van der Waals surface area contributed by atoms with Crippen molar-refractivity contribution in [3.8, 4) is 17.0 Å². The van der Waals surface area contributed by atoms with E-state index in [0.29, 0.717) is 40.6 Å². The Balaban J connectivity index is 1.72. The highest BCUT2D eigenvalue weighted by Gasteiger charge is 2.30. The first-order chi connectivity index (χ1) is 18.5. The van der Waals surface area contributed by atoms with E-state index in [9.17, 15) is 14.4 Å². The number of aryl methyl sites for hydroxylation is 1. The number of hydrogen-bond donors (Lipinski definition) is 4. The first-order valence-corrected chi connectivity index (χ1v) is 12.8. The molecule has 12 nitrogen and oxygen atoms in total. The Hall–Kier alpha value is -4.29. The number of hydrogen-bond acceptors (Lipinski definition) is 8. The summed E-state index contributed by atoms with van der Waals surface area (Å²) >= 11 is 0. The fraction of sp³-hybridized carbons (Fsp3) is 0.333. The normalized spacial score (nSPS) is 12.9. The second kappa shape index (κ2) is 11.2. The SMILES string of the molecule is BC(B)(B)NC(=O)c1nnc(NC(=O)C2CC2)cc1Nc1cccc(-c2cc(C(=O)NCC)n(C)n2)c1OC. The fourth-order valence-electron chi connectivity index (χ4n) is 3.95. The summed E-state index contributed by atoms with van der Waals surface area (Å²) in [7, 11) is 8.82. The molecule has 4 N–H and O–H groups in total. The molecule has 1 saturated carbocycles. The molecule has 0 aliphatic heterocycles. The molecule has 200 valence electrons. The lowest BCUT2D eigenvalue weighted by molar-refractivity contribution is -0.117. The first-order valence-electron chi connectivity index (χ1n) is 12.8. The molecule has 15 heteroatoms. The van der Waals surface area contributed by atoms with E-state index >= 15 is 0 Å². The topological polar surface area (TPSA) is 152 Å². The van der Waals surface area contributed by atoms with E-state index in [0.717, 1.165) is 12.8 Å². The standard InChI is InChI=1S/C24H31B3N8O4/c1-4-28-22(37)17-10-15(34-35(17)2)13-6-5-7-14(20(13)39-3)29-16-11-18(30-21(36)12-8-9-12)32-33-19(16)23(38)31-24(25,26)27/h5-7,10-12H,4,8-9,25-27H2,1-3H3,(H,28,37)(H,31,38)(H2,29,30,32,36). The van der Waals surface area contributed by atoms with Crippen LogP contribution in [0.15, 0.2) is 30.3 Å². The third-order valence-electron chi connectivity index (χ3n) is 5.91. The van der Waals surface area contributed by atoms with E-state index in [-0.39, 0.29) is 29.2 Å². The van der Waals surface area contributed by atoms with Crippen LogP contribution in [0.2, 0.25) is 0 Å². The third kappa shape index (κ3) is 6.59. The van der Waals surface area contributed by atoms with Crippen molar-refractivity contribution >= 4 is 58.5 Å². The van der Waals surface area contributed by atoms with E-state index in [4.69, 9.17) is 4.74 Å². The molecular formula is C24H31B3N8O4. The molecule has 39 heavy (non-hydrogen) atoms. The number of rotatable bonds is 10. The number of aromatic nitrogens is 4. The van der Waals surface area contributed by atoms with Gasteiger partial charge >= 0.3 is 0 Å². The summed E-state index contributed by atoms with van der Waals surface area (Å²) < 4.78 is 7.27. The molecule has 1 aromatic carbocycles. The van der Waals surface area contributed by atoms with Crippen LogP contribution in [-0.4, -0.2) is 80.1 Å². The summed E-state index contributed by atoms with van der Waals surface area (Å²) in [6.45, 7) is 2.34. The number of carbonyl (C=O) groups excluding carboxylic acids is 3. The molecule has 3 amide bonds. The van der Waals surface area contributed by atoms with Gasteiger partial charge in [-0.15, -0.1) is 10.2 Å². The van der Waals surface area contributed by atoms with E-state index in [1.54, 1.807) is 31.3 Å². The highest BCUT2D eigenvalue weighted by molar-refractivity contribution is 6.60. The van der Waals surface area contributed by atoms with Crippen LogP contribution in [0.5, 0.6) is 5.75 Å². The summed E-state index contributed by atoms with van der Waals surface area (Å²) in [5, 5.41) is 23.9. The number of ether oxygens (including phenoxy) is 1. The summed E-state index contributed by atoms with van der Waals surface area (Å²) in [6.07, 6.45) is 1.69. The lowest BCUT2D eigenvalue weighted by Crippen LogP contribution is -2.50. The van der Waals surface area contributed by atoms with Crippen molar-refractivity contribution in [2.24, 2.45) is 13.0 Å². The van der Waals surface area contributed by atoms with Crippen LogP contribution in [-0.2, 0) is 11.8 Å². The molecule has 1 aliphatic carbocycles. The molecule has 0 unspecified atom stereocenters. The van der Waals surface area contributed by atoms with Crippen molar-refractivity contribution in [1.82, 2.24) is 30.6 Å². The first kappa shape index (κ1) is 27.7. The minimum Gasteiger partial charge on any atom is -0.494 e. The molecule has 0 saturated heterocycles. The zero-order valence-corrected chi connectivity index (χ0v) is 23.0. The molecule has 1 fully saturated rings. The maximum atomic E-state index is 13.1. The minimum atomic E-state index is -0.507. The van der Waals surface area contributed by atoms with Crippen molar-refractivity contribution in [3.63, 3.8) is 0 Å². The lowest BCUT2D eigenvalue weighted by Gasteiger charge is -2.22. The van der Waals surface area contributed by atoms with Crippen LogP contribution in [0.25, 0.3) is 11.3 Å². The van der Waals surface area contributed by atoms with Gasteiger partial charge in [0.05, 0.1) is 24.2 Å². The van der Waals surface area contributed by atoms with Crippen LogP contribution in [0.1, 0.15) is 40.7 Å².